The van der Waals surface area contributed by atoms with Crippen molar-refractivity contribution >= 4 is 0 Å². The van der Waals surface area contributed by atoms with E-state index in [0.717, 1.165) is 17.8 Å². The minimum atomic E-state index is 0.567. The Labute approximate surface area is 134 Å². The van der Waals surface area contributed by atoms with E-state index in [-0.39, 0.29) is 0 Å². The van der Waals surface area contributed by atoms with E-state index in [0.29, 0.717) is 16.2 Å². The van der Waals surface area contributed by atoms with E-state index in [4.69, 9.17) is 0 Å². The second-order valence-electron chi connectivity index (χ2n) is 8.99. The maximum Gasteiger partial charge on any atom is -0.0236 e. The highest BCUT2D eigenvalue weighted by Gasteiger charge is 2.62. The lowest BCUT2D eigenvalue weighted by atomic mass is 9.37. The summed E-state index contributed by atoms with van der Waals surface area (Å²) in [4.78, 5) is 0. The van der Waals surface area contributed by atoms with Gasteiger partial charge in [0.2, 0.25) is 0 Å². The van der Waals surface area contributed by atoms with Crippen LogP contribution in [0.5, 0.6) is 0 Å². The van der Waals surface area contributed by atoms with Crippen molar-refractivity contribution in [3.8, 4) is 0 Å². The summed E-state index contributed by atoms with van der Waals surface area (Å²) in [5.41, 5.74) is 1.75. The largest absolute Gasteiger partial charge is 0.0651 e. The highest BCUT2D eigenvalue weighted by molar-refractivity contribution is 5.11. The highest BCUT2D eigenvalue weighted by Crippen LogP contribution is 2.70. The number of rotatable bonds is 4. The summed E-state index contributed by atoms with van der Waals surface area (Å²) in [6.07, 6.45) is 11.5. The van der Waals surface area contributed by atoms with Crippen molar-refractivity contribution in [2.24, 2.45) is 34.0 Å². The van der Waals surface area contributed by atoms with E-state index in [1.807, 2.05) is 0 Å². The van der Waals surface area contributed by atoms with Gasteiger partial charge in [0.05, 0.1) is 0 Å². The SMILES string of the molecule is CC[C@@H](C)[C@@]1(CC)CC[C@]2(C)[C@@H](C)CCC[C@@]2(C)[C@@H]1CC. The first kappa shape index (κ1) is 17.4. The molecule has 0 aromatic heterocycles. The molecule has 21 heavy (non-hydrogen) atoms. The molecule has 0 heterocycles. The lowest BCUT2D eigenvalue weighted by Gasteiger charge is -2.67. The molecule has 0 unspecified atom stereocenters. The Hall–Kier alpha value is 0. The zero-order valence-electron chi connectivity index (χ0n) is 15.9. The number of hydrogen-bond donors (Lipinski definition) is 0. The van der Waals surface area contributed by atoms with Gasteiger partial charge < -0.3 is 0 Å². The van der Waals surface area contributed by atoms with E-state index in [1.54, 1.807) is 0 Å². The van der Waals surface area contributed by atoms with Crippen LogP contribution >= 0.6 is 0 Å². The van der Waals surface area contributed by atoms with Crippen molar-refractivity contribution in [2.75, 3.05) is 0 Å². The maximum absolute atomic E-state index is 2.68. The van der Waals surface area contributed by atoms with Crippen LogP contribution < -0.4 is 0 Å². The molecule has 0 bridgehead atoms. The molecule has 124 valence electrons. The minimum absolute atomic E-state index is 0.567. The lowest BCUT2D eigenvalue weighted by Crippen LogP contribution is -2.59. The predicted octanol–water partition coefficient (Wildman–Crippen LogP) is 7.08. The second kappa shape index (κ2) is 5.89. The minimum Gasteiger partial charge on any atom is -0.0651 e. The number of fused-ring (bicyclic) bond motifs is 1. The van der Waals surface area contributed by atoms with Gasteiger partial charge in [-0.25, -0.2) is 0 Å². The van der Waals surface area contributed by atoms with Crippen molar-refractivity contribution in [1.29, 1.82) is 0 Å². The summed E-state index contributed by atoms with van der Waals surface area (Å²) in [7, 11) is 0. The first-order valence-corrected chi connectivity index (χ1v) is 9.82. The van der Waals surface area contributed by atoms with Crippen molar-refractivity contribution in [3.05, 3.63) is 0 Å². The van der Waals surface area contributed by atoms with Gasteiger partial charge in [-0.3, -0.25) is 0 Å². The van der Waals surface area contributed by atoms with Crippen LogP contribution in [0.2, 0.25) is 0 Å². The zero-order valence-corrected chi connectivity index (χ0v) is 15.9. The third-order valence-corrected chi connectivity index (χ3v) is 8.96. The summed E-state index contributed by atoms with van der Waals surface area (Å²) >= 11 is 0. The third-order valence-electron chi connectivity index (χ3n) is 8.96. The standard InChI is InChI=1S/C21H40/c1-8-16(4)21(10-3)15-14-19(6)17(5)12-11-13-20(19,7)18(21)9-2/h16-18H,8-15H2,1-7H3/t16-,17+,18+,19-,20+,21-/m1/s1. The average Bonchev–Trinajstić information content (AvgIpc) is 2.48. The second-order valence-corrected chi connectivity index (χ2v) is 8.99. The van der Waals surface area contributed by atoms with Crippen molar-refractivity contribution < 1.29 is 0 Å². The lowest BCUT2D eigenvalue weighted by molar-refractivity contribution is -0.182. The number of hydrogen-bond acceptors (Lipinski definition) is 0. The van der Waals surface area contributed by atoms with Crippen molar-refractivity contribution in [1.82, 2.24) is 0 Å². The summed E-state index contributed by atoms with van der Waals surface area (Å²) < 4.78 is 0. The molecule has 0 nitrogen and oxygen atoms in total. The first-order valence-electron chi connectivity index (χ1n) is 9.82. The van der Waals surface area contributed by atoms with Gasteiger partial charge in [-0.05, 0) is 59.7 Å². The van der Waals surface area contributed by atoms with Gasteiger partial charge in [0.15, 0.2) is 0 Å². The molecule has 2 aliphatic rings. The monoisotopic (exact) mass is 292 g/mol. The summed E-state index contributed by atoms with van der Waals surface area (Å²) in [6, 6.07) is 0. The fourth-order valence-corrected chi connectivity index (χ4v) is 6.97. The van der Waals surface area contributed by atoms with Gasteiger partial charge in [-0.2, -0.15) is 0 Å². The molecule has 0 aromatic rings. The van der Waals surface area contributed by atoms with Crippen LogP contribution in [0.1, 0.15) is 99.8 Å². The van der Waals surface area contributed by atoms with Gasteiger partial charge >= 0.3 is 0 Å². The molecule has 2 aliphatic carbocycles. The molecule has 6 atom stereocenters. The van der Waals surface area contributed by atoms with E-state index in [1.165, 1.54) is 51.4 Å². The van der Waals surface area contributed by atoms with Crippen molar-refractivity contribution in [3.63, 3.8) is 0 Å². The van der Waals surface area contributed by atoms with Gasteiger partial charge in [0.25, 0.3) is 0 Å². The van der Waals surface area contributed by atoms with Crippen LogP contribution in [0.15, 0.2) is 0 Å². The van der Waals surface area contributed by atoms with E-state index < -0.39 is 0 Å². The molecule has 2 saturated carbocycles. The molecule has 2 fully saturated rings. The van der Waals surface area contributed by atoms with Crippen LogP contribution in [0, 0.1) is 34.0 Å². The van der Waals surface area contributed by atoms with Crippen LogP contribution in [0.25, 0.3) is 0 Å². The van der Waals surface area contributed by atoms with Crippen LogP contribution in [0.4, 0.5) is 0 Å². The van der Waals surface area contributed by atoms with Gasteiger partial charge in [-0.15, -0.1) is 0 Å². The Morgan fingerprint density at radius 1 is 1.00 bits per heavy atom. The summed E-state index contributed by atoms with van der Waals surface area (Å²) in [5.74, 6) is 2.72. The van der Waals surface area contributed by atoms with Gasteiger partial charge in [-0.1, -0.05) is 74.1 Å². The van der Waals surface area contributed by atoms with Crippen LogP contribution in [0.3, 0.4) is 0 Å². The molecule has 0 aromatic carbocycles. The molecule has 0 spiro atoms. The Morgan fingerprint density at radius 3 is 2.19 bits per heavy atom. The van der Waals surface area contributed by atoms with Crippen LogP contribution in [-0.4, -0.2) is 0 Å². The maximum atomic E-state index is 2.68. The zero-order chi connectivity index (χ0) is 15.9. The topological polar surface area (TPSA) is 0 Å². The Kier molecular flexibility index (Phi) is 4.87. The fraction of sp³-hybridized carbons (Fsp3) is 1.00. The third kappa shape index (κ3) is 2.22. The Bertz CT molecular complexity index is 359. The highest BCUT2D eigenvalue weighted by atomic mass is 14.7. The van der Waals surface area contributed by atoms with Gasteiger partial charge in [0.1, 0.15) is 0 Å². The first-order chi connectivity index (χ1) is 9.82. The molecule has 0 amide bonds. The Balaban J connectivity index is 2.48. The predicted molar refractivity (Wildman–Crippen MR) is 94.4 cm³/mol. The average molecular weight is 293 g/mol. The normalized spacial score (nSPS) is 48.7. The van der Waals surface area contributed by atoms with E-state index in [9.17, 15) is 0 Å². The summed E-state index contributed by atoms with van der Waals surface area (Å²) in [6.45, 7) is 17.8. The molecular formula is C21H40. The van der Waals surface area contributed by atoms with E-state index in [2.05, 4.69) is 48.5 Å². The molecular weight excluding hydrogens is 252 g/mol. The molecule has 0 heteroatoms. The smallest absolute Gasteiger partial charge is 0.0236 e. The summed E-state index contributed by atoms with van der Waals surface area (Å²) in [5, 5.41) is 0. The molecule has 0 N–H and O–H groups in total. The van der Waals surface area contributed by atoms with Gasteiger partial charge in [0, 0.05) is 0 Å². The van der Waals surface area contributed by atoms with Crippen molar-refractivity contribution in [2.45, 2.75) is 99.8 Å². The molecule has 0 saturated heterocycles. The van der Waals surface area contributed by atoms with E-state index >= 15 is 0 Å². The van der Waals surface area contributed by atoms with Crippen LogP contribution in [-0.2, 0) is 0 Å². The molecule has 0 radical (unpaired) electrons. The molecule has 2 rings (SSSR count). The Morgan fingerprint density at radius 2 is 1.67 bits per heavy atom. The quantitative estimate of drug-likeness (QED) is 0.519. The molecule has 0 aliphatic heterocycles. The fourth-order valence-electron chi connectivity index (χ4n) is 6.97.